The first kappa shape index (κ1) is 14.3. The number of amides is 1. The predicted octanol–water partition coefficient (Wildman–Crippen LogP) is 1.72. The van der Waals surface area contributed by atoms with E-state index in [2.05, 4.69) is 10.6 Å². The SMILES string of the molecule is O=C(COC1CCNCC1)NCc1cccc(Cl)c1. The molecule has 0 aromatic heterocycles. The van der Waals surface area contributed by atoms with E-state index in [1.165, 1.54) is 0 Å². The molecule has 1 aromatic rings. The number of benzene rings is 1. The average Bonchev–Trinajstić information content (AvgIpc) is 2.44. The van der Waals surface area contributed by atoms with E-state index in [1.807, 2.05) is 24.3 Å². The second-order valence-corrected chi connectivity index (χ2v) is 5.10. The highest BCUT2D eigenvalue weighted by Crippen LogP contribution is 2.10. The van der Waals surface area contributed by atoms with Crippen LogP contribution in [0.4, 0.5) is 0 Å². The Bertz CT molecular complexity index is 420. The summed E-state index contributed by atoms with van der Waals surface area (Å²) < 4.78 is 5.58. The Balaban J connectivity index is 1.66. The van der Waals surface area contributed by atoms with Crippen LogP contribution in [0.1, 0.15) is 18.4 Å². The van der Waals surface area contributed by atoms with E-state index < -0.39 is 0 Å². The minimum Gasteiger partial charge on any atom is -0.368 e. The zero-order valence-corrected chi connectivity index (χ0v) is 11.6. The van der Waals surface area contributed by atoms with E-state index in [0.29, 0.717) is 11.6 Å². The van der Waals surface area contributed by atoms with Crippen LogP contribution in [0.25, 0.3) is 0 Å². The van der Waals surface area contributed by atoms with Gasteiger partial charge in [0.15, 0.2) is 0 Å². The van der Waals surface area contributed by atoms with Gasteiger partial charge in [0.25, 0.3) is 0 Å². The van der Waals surface area contributed by atoms with Gasteiger partial charge in [0.05, 0.1) is 6.10 Å². The number of rotatable bonds is 5. The van der Waals surface area contributed by atoms with Gasteiger partial charge in [-0.2, -0.15) is 0 Å². The molecule has 0 radical (unpaired) electrons. The fraction of sp³-hybridized carbons (Fsp3) is 0.500. The van der Waals surface area contributed by atoms with Crippen molar-refractivity contribution >= 4 is 17.5 Å². The van der Waals surface area contributed by atoms with Crippen LogP contribution in [0.15, 0.2) is 24.3 Å². The van der Waals surface area contributed by atoms with Gasteiger partial charge >= 0.3 is 0 Å². The Kier molecular flexibility index (Phi) is 5.63. The molecule has 1 saturated heterocycles. The maximum atomic E-state index is 11.7. The lowest BCUT2D eigenvalue weighted by atomic mass is 10.1. The van der Waals surface area contributed by atoms with Gasteiger partial charge in [0.2, 0.25) is 5.91 Å². The third-order valence-electron chi connectivity index (χ3n) is 3.12. The number of piperidine rings is 1. The molecule has 0 aliphatic carbocycles. The number of nitrogens with one attached hydrogen (secondary N) is 2. The summed E-state index contributed by atoms with van der Waals surface area (Å²) in [6.45, 7) is 2.55. The quantitative estimate of drug-likeness (QED) is 0.865. The van der Waals surface area contributed by atoms with Crippen LogP contribution in [0.3, 0.4) is 0 Å². The summed E-state index contributed by atoms with van der Waals surface area (Å²) in [4.78, 5) is 11.7. The molecule has 4 nitrogen and oxygen atoms in total. The molecule has 5 heteroatoms. The molecule has 2 rings (SSSR count). The van der Waals surface area contributed by atoms with E-state index in [9.17, 15) is 4.79 Å². The zero-order valence-electron chi connectivity index (χ0n) is 10.8. The first-order chi connectivity index (χ1) is 9.24. The van der Waals surface area contributed by atoms with Gasteiger partial charge in [-0.3, -0.25) is 4.79 Å². The van der Waals surface area contributed by atoms with Crippen LogP contribution < -0.4 is 10.6 Å². The number of carbonyl (C=O) groups is 1. The van der Waals surface area contributed by atoms with Crippen molar-refractivity contribution in [2.45, 2.75) is 25.5 Å². The smallest absolute Gasteiger partial charge is 0.246 e. The molecule has 2 N–H and O–H groups in total. The van der Waals surface area contributed by atoms with Crippen molar-refractivity contribution in [2.75, 3.05) is 19.7 Å². The molecule has 1 amide bonds. The minimum absolute atomic E-state index is 0.0847. The molecule has 1 aromatic carbocycles. The van der Waals surface area contributed by atoms with Crippen molar-refractivity contribution in [2.24, 2.45) is 0 Å². The van der Waals surface area contributed by atoms with Crippen LogP contribution >= 0.6 is 11.6 Å². The highest BCUT2D eigenvalue weighted by atomic mass is 35.5. The number of ether oxygens (including phenoxy) is 1. The highest BCUT2D eigenvalue weighted by Gasteiger charge is 2.14. The lowest BCUT2D eigenvalue weighted by Gasteiger charge is -2.22. The Morgan fingerprint density at radius 1 is 1.42 bits per heavy atom. The molecule has 0 saturated carbocycles. The van der Waals surface area contributed by atoms with E-state index in [4.69, 9.17) is 16.3 Å². The fourth-order valence-electron chi connectivity index (χ4n) is 2.05. The van der Waals surface area contributed by atoms with E-state index in [0.717, 1.165) is 31.5 Å². The second-order valence-electron chi connectivity index (χ2n) is 4.67. The summed E-state index contributed by atoms with van der Waals surface area (Å²) in [5.41, 5.74) is 0.989. The Morgan fingerprint density at radius 2 is 2.21 bits per heavy atom. The molecule has 0 bridgehead atoms. The maximum absolute atomic E-state index is 11.7. The normalized spacial score (nSPS) is 16.3. The molecular formula is C14H19ClN2O2. The topological polar surface area (TPSA) is 50.4 Å². The monoisotopic (exact) mass is 282 g/mol. The molecule has 0 unspecified atom stereocenters. The van der Waals surface area contributed by atoms with E-state index in [1.54, 1.807) is 0 Å². The van der Waals surface area contributed by atoms with Gasteiger partial charge in [-0.15, -0.1) is 0 Å². The summed E-state index contributed by atoms with van der Waals surface area (Å²) in [5.74, 6) is -0.0847. The van der Waals surface area contributed by atoms with E-state index >= 15 is 0 Å². The lowest BCUT2D eigenvalue weighted by Crippen LogP contribution is -2.35. The second kappa shape index (κ2) is 7.48. The third-order valence-corrected chi connectivity index (χ3v) is 3.35. The zero-order chi connectivity index (χ0) is 13.5. The van der Waals surface area contributed by atoms with Crippen molar-refractivity contribution in [3.63, 3.8) is 0 Å². The van der Waals surface area contributed by atoms with Crippen LogP contribution in [0.2, 0.25) is 5.02 Å². The van der Waals surface area contributed by atoms with Crippen LogP contribution in [0.5, 0.6) is 0 Å². The van der Waals surface area contributed by atoms with E-state index in [-0.39, 0.29) is 18.6 Å². The Labute approximate surface area is 118 Å². The largest absolute Gasteiger partial charge is 0.368 e. The summed E-state index contributed by atoms with van der Waals surface area (Å²) in [7, 11) is 0. The Hall–Kier alpha value is -1.10. The molecule has 1 aliphatic heterocycles. The summed E-state index contributed by atoms with van der Waals surface area (Å²) in [6, 6.07) is 7.46. The van der Waals surface area contributed by atoms with Gasteiger partial charge in [-0.1, -0.05) is 23.7 Å². The Morgan fingerprint density at radius 3 is 2.95 bits per heavy atom. The van der Waals surface area contributed by atoms with Gasteiger partial charge in [0.1, 0.15) is 6.61 Å². The number of hydrogen-bond acceptors (Lipinski definition) is 3. The van der Waals surface area contributed by atoms with Gasteiger partial charge in [-0.25, -0.2) is 0 Å². The van der Waals surface area contributed by atoms with Crippen LogP contribution in [-0.4, -0.2) is 31.7 Å². The molecule has 19 heavy (non-hydrogen) atoms. The standard InChI is InChI=1S/C14H19ClN2O2/c15-12-3-1-2-11(8-12)9-17-14(18)10-19-13-4-6-16-7-5-13/h1-3,8,13,16H,4-7,9-10H2,(H,17,18). The lowest BCUT2D eigenvalue weighted by molar-refractivity contribution is -0.128. The molecule has 104 valence electrons. The first-order valence-corrected chi connectivity index (χ1v) is 6.95. The van der Waals surface area contributed by atoms with Gasteiger partial charge in [-0.05, 0) is 43.6 Å². The van der Waals surface area contributed by atoms with Crippen molar-refractivity contribution in [1.82, 2.24) is 10.6 Å². The van der Waals surface area contributed by atoms with Crippen molar-refractivity contribution in [3.8, 4) is 0 Å². The summed E-state index contributed by atoms with van der Waals surface area (Å²) >= 11 is 5.88. The molecule has 1 fully saturated rings. The number of halogens is 1. The first-order valence-electron chi connectivity index (χ1n) is 6.57. The number of carbonyl (C=O) groups excluding carboxylic acids is 1. The molecule has 1 heterocycles. The minimum atomic E-state index is -0.0847. The number of hydrogen-bond donors (Lipinski definition) is 2. The highest BCUT2D eigenvalue weighted by molar-refractivity contribution is 6.30. The summed E-state index contributed by atoms with van der Waals surface area (Å²) in [5, 5.41) is 6.77. The molecular weight excluding hydrogens is 264 g/mol. The predicted molar refractivity (Wildman–Crippen MR) is 75.1 cm³/mol. The molecule has 0 spiro atoms. The average molecular weight is 283 g/mol. The summed E-state index contributed by atoms with van der Waals surface area (Å²) in [6.07, 6.45) is 2.15. The fourth-order valence-corrected chi connectivity index (χ4v) is 2.27. The van der Waals surface area contributed by atoms with Crippen LogP contribution in [-0.2, 0) is 16.1 Å². The van der Waals surface area contributed by atoms with Gasteiger partial charge in [0, 0.05) is 11.6 Å². The van der Waals surface area contributed by atoms with Crippen molar-refractivity contribution < 1.29 is 9.53 Å². The van der Waals surface area contributed by atoms with Crippen molar-refractivity contribution in [3.05, 3.63) is 34.9 Å². The third kappa shape index (κ3) is 5.19. The van der Waals surface area contributed by atoms with Crippen molar-refractivity contribution in [1.29, 1.82) is 0 Å². The molecule has 0 atom stereocenters. The maximum Gasteiger partial charge on any atom is 0.246 e. The molecule has 1 aliphatic rings. The van der Waals surface area contributed by atoms with Crippen LogP contribution in [0, 0.1) is 0 Å². The van der Waals surface area contributed by atoms with Gasteiger partial charge < -0.3 is 15.4 Å².